The van der Waals surface area contributed by atoms with Crippen LogP contribution in [0.2, 0.25) is 0 Å². The van der Waals surface area contributed by atoms with Gasteiger partial charge in [-0.2, -0.15) is 0 Å². The summed E-state index contributed by atoms with van der Waals surface area (Å²) in [5.74, 6) is 0.243. The number of hydrogen-bond acceptors (Lipinski definition) is 3. The summed E-state index contributed by atoms with van der Waals surface area (Å²) in [4.78, 5) is 16.0. The smallest absolute Gasteiger partial charge is 0.239 e. The SMILES string of the molecule is CNCCC1C(=O)N(C)CC(C)(C)N1C. The number of nitrogens with zero attached hydrogens (tertiary/aromatic N) is 2. The minimum atomic E-state index is 0.0196. The summed E-state index contributed by atoms with van der Waals surface area (Å²) in [5.41, 5.74) is 0.0705. The van der Waals surface area contributed by atoms with Crippen LogP contribution in [0.5, 0.6) is 0 Å². The van der Waals surface area contributed by atoms with Crippen molar-refractivity contribution in [3.8, 4) is 0 Å². The number of nitrogens with one attached hydrogen (secondary N) is 1. The average Bonchev–Trinajstić information content (AvgIpc) is 2.15. The number of amides is 1. The Morgan fingerprint density at radius 2 is 2.07 bits per heavy atom. The molecule has 0 saturated carbocycles. The fourth-order valence-corrected chi connectivity index (χ4v) is 2.21. The highest BCUT2D eigenvalue weighted by atomic mass is 16.2. The average molecular weight is 213 g/mol. The molecule has 0 radical (unpaired) electrons. The molecule has 1 N–H and O–H groups in total. The van der Waals surface area contributed by atoms with Crippen LogP contribution in [0.25, 0.3) is 0 Å². The third kappa shape index (κ3) is 2.49. The standard InChI is InChI=1S/C11H23N3O/c1-11(2)8-13(4)10(15)9(14(11)5)6-7-12-3/h9,12H,6-8H2,1-5H3. The van der Waals surface area contributed by atoms with Gasteiger partial charge in [-0.1, -0.05) is 0 Å². The van der Waals surface area contributed by atoms with Gasteiger partial charge in [0.25, 0.3) is 0 Å². The summed E-state index contributed by atoms with van der Waals surface area (Å²) in [6, 6.07) is 0.0196. The molecule has 1 heterocycles. The largest absolute Gasteiger partial charge is 0.343 e. The fourth-order valence-electron chi connectivity index (χ4n) is 2.21. The van der Waals surface area contributed by atoms with Crippen LogP contribution in [0.15, 0.2) is 0 Å². The summed E-state index contributed by atoms with van der Waals surface area (Å²) in [6.45, 7) is 6.05. The number of carbonyl (C=O) groups is 1. The van der Waals surface area contributed by atoms with Crippen LogP contribution in [-0.2, 0) is 4.79 Å². The predicted molar refractivity (Wildman–Crippen MR) is 61.8 cm³/mol. The van der Waals surface area contributed by atoms with Gasteiger partial charge in [0.1, 0.15) is 0 Å². The molecular weight excluding hydrogens is 190 g/mol. The van der Waals surface area contributed by atoms with Crippen LogP contribution in [0.1, 0.15) is 20.3 Å². The molecule has 1 aliphatic rings. The van der Waals surface area contributed by atoms with Crippen molar-refractivity contribution in [3.63, 3.8) is 0 Å². The van der Waals surface area contributed by atoms with E-state index in [0.717, 1.165) is 19.5 Å². The predicted octanol–water partition coefficient (Wildman–Crippen LogP) is 0.147. The number of piperazine rings is 1. The highest BCUT2D eigenvalue weighted by molar-refractivity contribution is 5.82. The van der Waals surface area contributed by atoms with Crippen molar-refractivity contribution in [1.82, 2.24) is 15.1 Å². The third-order valence-corrected chi connectivity index (χ3v) is 3.38. The van der Waals surface area contributed by atoms with Gasteiger partial charge in [0, 0.05) is 19.1 Å². The third-order valence-electron chi connectivity index (χ3n) is 3.38. The lowest BCUT2D eigenvalue weighted by Gasteiger charge is -2.48. The molecule has 0 aromatic heterocycles. The Labute approximate surface area is 92.6 Å². The van der Waals surface area contributed by atoms with Gasteiger partial charge in [0.05, 0.1) is 6.04 Å². The molecule has 1 rings (SSSR count). The molecule has 1 amide bonds. The summed E-state index contributed by atoms with van der Waals surface area (Å²) in [5, 5.41) is 3.10. The summed E-state index contributed by atoms with van der Waals surface area (Å²) < 4.78 is 0. The van der Waals surface area contributed by atoms with Gasteiger partial charge >= 0.3 is 0 Å². The minimum absolute atomic E-state index is 0.0196. The van der Waals surface area contributed by atoms with Crippen LogP contribution in [0.3, 0.4) is 0 Å². The van der Waals surface area contributed by atoms with Gasteiger partial charge in [-0.3, -0.25) is 9.69 Å². The van der Waals surface area contributed by atoms with Crippen LogP contribution < -0.4 is 5.32 Å². The molecule has 15 heavy (non-hydrogen) atoms. The van der Waals surface area contributed by atoms with E-state index in [9.17, 15) is 4.79 Å². The van der Waals surface area contributed by atoms with Crippen molar-refractivity contribution in [1.29, 1.82) is 0 Å². The Morgan fingerprint density at radius 3 is 2.60 bits per heavy atom. The lowest BCUT2D eigenvalue weighted by molar-refractivity contribution is -0.146. The normalized spacial score (nSPS) is 27.1. The van der Waals surface area contributed by atoms with Gasteiger partial charge < -0.3 is 10.2 Å². The van der Waals surface area contributed by atoms with Gasteiger partial charge in [-0.05, 0) is 40.9 Å². The molecule has 1 unspecified atom stereocenters. The van der Waals surface area contributed by atoms with Crippen LogP contribution in [0.4, 0.5) is 0 Å². The van der Waals surface area contributed by atoms with E-state index in [1.54, 1.807) is 0 Å². The van der Waals surface area contributed by atoms with E-state index < -0.39 is 0 Å². The molecule has 1 atom stereocenters. The van der Waals surface area contributed by atoms with Crippen LogP contribution >= 0.6 is 0 Å². The molecule has 0 aliphatic carbocycles. The van der Waals surface area contributed by atoms with E-state index in [-0.39, 0.29) is 17.5 Å². The topological polar surface area (TPSA) is 35.6 Å². The van der Waals surface area contributed by atoms with E-state index in [2.05, 4.69) is 24.1 Å². The maximum Gasteiger partial charge on any atom is 0.239 e. The van der Waals surface area contributed by atoms with Crippen molar-refractivity contribution < 1.29 is 4.79 Å². The van der Waals surface area contributed by atoms with Crippen molar-refractivity contribution in [2.75, 3.05) is 34.2 Å². The summed E-state index contributed by atoms with van der Waals surface area (Å²) >= 11 is 0. The molecule has 0 aromatic rings. The van der Waals surface area contributed by atoms with Crippen LogP contribution in [-0.4, -0.2) is 61.5 Å². The molecule has 1 aliphatic heterocycles. The van der Waals surface area contributed by atoms with Crippen molar-refractivity contribution in [2.24, 2.45) is 0 Å². The van der Waals surface area contributed by atoms with Crippen LogP contribution in [0, 0.1) is 0 Å². The van der Waals surface area contributed by atoms with E-state index >= 15 is 0 Å². The molecule has 1 fully saturated rings. The number of hydrogen-bond donors (Lipinski definition) is 1. The monoisotopic (exact) mass is 213 g/mol. The van der Waals surface area contributed by atoms with Crippen molar-refractivity contribution in [2.45, 2.75) is 31.8 Å². The summed E-state index contributed by atoms with van der Waals surface area (Å²) in [7, 11) is 5.86. The minimum Gasteiger partial charge on any atom is -0.343 e. The Bertz CT molecular complexity index is 240. The molecular formula is C11H23N3O. The second-order valence-corrected chi connectivity index (χ2v) is 5.03. The second kappa shape index (κ2) is 4.49. The maximum atomic E-state index is 12.0. The van der Waals surface area contributed by atoms with Gasteiger partial charge in [-0.15, -0.1) is 0 Å². The Kier molecular flexibility index (Phi) is 3.73. The van der Waals surface area contributed by atoms with Crippen molar-refractivity contribution >= 4 is 5.91 Å². The lowest BCUT2D eigenvalue weighted by Crippen LogP contribution is -2.64. The van der Waals surface area contributed by atoms with Gasteiger partial charge in [0.15, 0.2) is 0 Å². The fraction of sp³-hybridized carbons (Fsp3) is 0.909. The zero-order chi connectivity index (χ0) is 11.6. The first-order chi connectivity index (χ1) is 6.90. The van der Waals surface area contributed by atoms with E-state index in [0.29, 0.717) is 0 Å². The zero-order valence-corrected chi connectivity index (χ0v) is 10.5. The Hall–Kier alpha value is -0.610. The number of likely N-dealkylation sites (N-methyl/N-ethyl adjacent to an activating group) is 2. The molecule has 4 heteroatoms. The van der Waals surface area contributed by atoms with Gasteiger partial charge in [0.2, 0.25) is 5.91 Å². The van der Waals surface area contributed by atoms with Gasteiger partial charge in [-0.25, -0.2) is 0 Å². The molecule has 4 nitrogen and oxygen atoms in total. The quantitative estimate of drug-likeness (QED) is 0.725. The zero-order valence-electron chi connectivity index (χ0n) is 10.5. The maximum absolute atomic E-state index is 12.0. The molecule has 1 saturated heterocycles. The number of rotatable bonds is 3. The van der Waals surface area contributed by atoms with E-state index in [4.69, 9.17) is 0 Å². The first-order valence-electron chi connectivity index (χ1n) is 5.52. The Balaban J connectivity index is 2.76. The Morgan fingerprint density at radius 1 is 1.47 bits per heavy atom. The highest BCUT2D eigenvalue weighted by Gasteiger charge is 2.40. The molecule has 88 valence electrons. The second-order valence-electron chi connectivity index (χ2n) is 5.03. The summed E-state index contributed by atoms with van der Waals surface area (Å²) in [6.07, 6.45) is 0.875. The van der Waals surface area contributed by atoms with Crippen molar-refractivity contribution in [3.05, 3.63) is 0 Å². The molecule has 0 bridgehead atoms. The van der Waals surface area contributed by atoms with E-state index in [1.165, 1.54) is 0 Å². The molecule has 0 aromatic carbocycles. The first kappa shape index (κ1) is 12.5. The highest BCUT2D eigenvalue weighted by Crippen LogP contribution is 2.24. The lowest BCUT2D eigenvalue weighted by atomic mass is 9.94. The first-order valence-corrected chi connectivity index (χ1v) is 5.52. The number of carbonyl (C=O) groups excluding carboxylic acids is 1. The molecule has 0 spiro atoms. The van der Waals surface area contributed by atoms with E-state index in [1.807, 2.05) is 26.0 Å².